The lowest BCUT2D eigenvalue weighted by Crippen LogP contribution is -2.42. The standard InChI is InChI=1S/C13H17BrO3/c1-15-5-16-8-2-3-9-11-7-4-6(10(8)11)12(14)13(7)17-9/h2-3,6-13H,4-5H2,1H3/t6-,7+,8+,9-,10?,11?,12-,13-/m1/s1. The molecule has 0 aromatic rings. The highest BCUT2D eigenvalue weighted by Gasteiger charge is 2.66. The topological polar surface area (TPSA) is 27.7 Å². The first-order valence-electron chi connectivity index (χ1n) is 6.39. The summed E-state index contributed by atoms with van der Waals surface area (Å²) in [6.45, 7) is 0.386. The van der Waals surface area contributed by atoms with Gasteiger partial charge in [-0.3, -0.25) is 0 Å². The van der Waals surface area contributed by atoms with E-state index < -0.39 is 0 Å². The molecule has 3 nitrogen and oxygen atoms in total. The summed E-state index contributed by atoms with van der Waals surface area (Å²) in [5, 5.41) is 0. The summed E-state index contributed by atoms with van der Waals surface area (Å²) >= 11 is 3.84. The Morgan fingerprint density at radius 2 is 2.18 bits per heavy atom. The molecule has 0 spiro atoms. The maximum Gasteiger partial charge on any atom is 0.147 e. The van der Waals surface area contributed by atoms with Crippen molar-refractivity contribution < 1.29 is 14.2 Å². The van der Waals surface area contributed by atoms with Gasteiger partial charge in [-0.2, -0.15) is 0 Å². The zero-order valence-electron chi connectivity index (χ0n) is 9.79. The Balaban J connectivity index is 1.65. The van der Waals surface area contributed by atoms with Crippen LogP contribution in [0.15, 0.2) is 12.2 Å². The van der Waals surface area contributed by atoms with Gasteiger partial charge in [0.25, 0.3) is 0 Å². The number of fused-ring (bicyclic) bond motifs is 2. The van der Waals surface area contributed by atoms with Crippen LogP contribution >= 0.6 is 15.9 Å². The fourth-order valence-corrected chi connectivity index (χ4v) is 5.67. The summed E-state index contributed by atoms with van der Waals surface area (Å²) in [6.07, 6.45) is 6.70. The minimum atomic E-state index is 0.217. The lowest BCUT2D eigenvalue weighted by molar-refractivity contribution is -0.0901. The van der Waals surface area contributed by atoms with E-state index in [-0.39, 0.29) is 6.10 Å². The van der Waals surface area contributed by atoms with Gasteiger partial charge in [0.1, 0.15) is 6.79 Å². The van der Waals surface area contributed by atoms with Gasteiger partial charge in [0, 0.05) is 11.9 Å². The van der Waals surface area contributed by atoms with Crippen LogP contribution in [-0.4, -0.2) is 37.0 Å². The van der Waals surface area contributed by atoms with E-state index in [1.54, 1.807) is 7.11 Å². The lowest BCUT2D eigenvalue weighted by atomic mass is 9.72. The third-order valence-corrected chi connectivity index (χ3v) is 6.26. The monoisotopic (exact) mass is 300 g/mol. The molecule has 4 aliphatic rings. The lowest BCUT2D eigenvalue weighted by Gasteiger charge is -2.37. The molecule has 3 aliphatic carbocycles. The van der Waals surface area contributed by atoms with Crippen LogP contribution in [-0.2, 0) is 14.2 Å². The van der Waals surface area contributed by atoms with Crippen LogP contribution in [0, 0.1) is 23.7 Å². The molecule has 17 heavy (non-hydrogen) atoms. The molecule has 4 rings (SSSR count). The maximum atomic E-state index is 6.15. The second-order valence-corrected chi connectivity index (χ2v) is 6.71. The molecule has 2 bridgehead atoms. The average molecular weight is 301 g/mol. The summed E-state index contributed by atoms with van der Waals surface area (Å²) in [4.78, 5) is 0.521. The van der Waals surface area contributed by atoms with E-state index in [0.717, 1.165) is 5.92 Å². The van der Waals surface area contributed by atoms with Gasteiger partial charge in [-0.05, 0) is 30.1 Å². The number of hydrogen-bond donors (Lipinski definition) is 0. The number of hydrogen-bond acceptors (Lipinski definition) is 3. The normalized spacial score (nSPS) is 58.0. The highest BCUT2D eigenvalue weighted by molar-refractivity contribution is 9.09. The van der Waals surface area contributed by atoms with Crippen LogP contribution < -0.4 is 0 Å². The fourth-order valence-electron chi connectivity index (χ4n) is 4.58. The molecule has 0 amide bonds. The van der Waals surface area contributed by atoms with Crippen LogP contribution in [0.4, 0.5) is 0 Å². The van der Waals surface area contributed by atoms with Gasteiger partial charge in [-0.25, -0.2) is 0 Å². The maximum absolute atomic E-state index is 6.15. The molecule has 1 heterocycles. The molecule has 2 saturated carbocycles. The second-order valence-electron chi connectivity index (χ2n) is 5.65. The number of halogens is 1. The van der Waals surface area contributed by atoms with Gasteiger partial charge in [0.05, 0.1) is 18.3 Å². The number of rotatable bonds is 3. The molecule has 3 fully saturated rings. The van der Waals surface area contributed by atoms with E-state index in [9.17, 15) is 0 Å². The molecule has 0 aromatic carbocycles. The summed E-state index contributed by atoms with van der Waals surface area (Å²) in [5.41, 5.74) is 0. The smallest absolute Gasteiger partial charge is 0.147 e. The van der Waals surface area contributed by atoms with Crippen LogP contribution in [0.2, 0.25) is 0 Å². The van der Waals surface area contributed by atoms with E-state index in [4.69, 9.17) is 14.2 Å². The SMILES string of the molecule is COCO[C@H]1C=C[C@H]2O[C@H]3[C@H](Br)[C@@H]4C[C@H]3C2C14. The van der Waals surface area contributed by atoms with Crippen LogP contribution in [0.25, 0.3) is 0 Å². The molecule has 0 N–H and O–H groups in total. The van der Waals surface area contributed by atoms with E-state index in [2.05, 4.69) is 28.1 Å². The van der Waals surface area contributed by atoms with Crippen molar-refractivity contribution in [3.8, 4) is 0 Å². The van der Waals surface area contributed by atoms with E-state index in [1.165, 1.54) is 6.42 Å². The van der Waals surface area contributed by atoms with E-state index in [0.29, 0.717) is 41.6 Å². The molecular formula is C13H17BrO3. The molecular weight excluding hydrogens is 284 g/mol. The first-order chi connectivity index (χ1) is 8.31. The summed E-state index contributed by atoms with van der Waals surface area (Å²) in [7, 11) is 1.68. The molecule has 0 aromatic heterocycles. The van der Waals surface area contributed by atoms with Crippen molar-refractivity contribution in [2.75, 3.05) is 13.9 Å². The Morgan fingerprint density at radius 1 is 1.29 bits per heavy atom. The Morgan fingerprint density at radius 3 is 3.00 bits per heavy atom. The molecule has 0 radical (unpaired) electrons. The molecule has 1 aliphatic heterocycles. The van der Waals surface area contributed by atoms with Crippen molar-refractivity contribution in [1.82, 2.24) is 0 Å². The number of methoxy groups -OCH3 is 1. The first kappa shape index (κ1) is 11.0. The van der Waals surface area contributed by atoms with Gasteiger partial charge < -0.3 is 14.2 Å². The van der Waals surface area contributed by atoms with Crippen LogP contribution in [0.3, 0.4) is 0 Å². The Hall–Kier alpha value is 0.100. The minimum Gasteiger partial charge on any atom is -0.369 e. The van der Waals surface area contributed by atoms with E-state index in [1.807, 2.05) is 0 Å². The Kier molecular flexibility index (Phi) is 2.45. The Labute approximate surface area is 110 Å². The highest BCUT2D eigenvalue weighted by Crippen LogP contribution is 2.64. The van der Waals surface area contributed by atoms with Crippen molar-refractivity contribution in [3.63, 3.8) is 0 Å². The van der Waals surface area contributed by atoms with Crippen molar-refractivity contribution >= 4 is 15.9 Å². The molecule has 1 saturated heterocycles. The zero-order chi connectivity index (χ0) is 11.6. The summed E-state index contributed by atoms with van der Waals surface area (Å²) < 4.78 is 17.0. The number of alkyl halides is 1. The van der Waals surface area contributed by atoms with Gasteiger partial charge in [0.2, 0.25) is 0 Å². The largest absolute Gasteiger partial charge is 0.369 e. The third-order valence-electron chi connectivity index (χ3n) is 5.06. The molecule has 94 valence electrons. The first-order valence-corrected chi connectivity index (χ1v) is 7.31. The molecule has 4 heteroatoms. The van der Waals surface area contributed by atoms with Crippen molar-refractivity contribution in [1.29, 1.82) is 0 Å². The quantitative estimate of drug-likeness (QED) is 0.453. The van der Waals surface area contributed by atoms with Gasteiger partial charge in [-0.1, -0.05) is 28.1 Å². The van der Waals surface area contributed by atoms with Crippen LogP contribution in [0.1, 0.15) is 6.42 Å². The average Bonchev–Trinajstić information content (AvgIpc) is 2.95. The second kappa shape index (κ2) is 3.80. The third kappa shape index (κ3) is 1.33. The van der Waals surface area contributed by atoms with Gasteiger partial charge in [-0.15, -0.1) is 0 Å². The summed E-state index contributed by atoms with van der Waals surface area (Å²) in [5.74, 6) is 2.77. The predicted octanol–water partition coefficient (Wildman–Crippen LogP) is 1.96. The van der Waals surface area contributed by atoms with E-state index >= 15 is 0 Å². The highest BCUT2D eigenvalue weighted by atomic mass is 79.9. The van der Waals surface area contributed by atoms with Gasteiger partial charge >= 0.3 is 0 Å². The van der Waals surface area contributed by atoms with Crippen molar-refractivity contribution in [3.05, 3.63) is 12.2 Å². The van der Waals surface area contributed by atoms with Gasteiger partial charge in [0.15, 0.2) is 0 Å². The van der Waals surface area contributed by atoms with Crippen LogP contribution in [0.5, 0.6) is 0 Å². The summed E-state index contributed by atoms with van der Waals surface area (Å²) in [6, 6.07) is 0. The molecule has 8 atom stereocenters. The van der Waals surface area contributed by atoms with Crippen molar-refractivity contribution in [2.24, 2.45) is 23.7 Å². The minimum absolute atomic E-state index is 0.217. The van der Waals surface area contributed by atoms with Crippen molar-refractivity contribution in [2.45, 2.75) is 29.6 Å². The molecule has 2 unspecified atom stereocenters. The number of ether oxygens (including phenoxy) is 3. The zero-order valence-corrected chi connectivity index (χ0v) is 11.4. The fraction of sp³-hybridized carbons (Fsp3) is 0.846. The predicted molar refractivity (Wildman–Crippen MR) is 65.8 cm³/mol. The Bertz CT molecular complexity index is 359.